The fourth-order valence-electron chi connectivity index (χ4n) is 0.597. The van der Waals surface area contributed by atoms with E-state index in [1.807, 2.05) is 0 Å². The summed E-state index contributed by atoms with van der Waals surface area (Å²) in [6, 6.07) is 1.27. The summed E-state index contributed by atoms with van der Waals surface area (Å²) >= 11 is 12.1. The van der Waals surface area contributed by atoms with Gasteiger partial charge in [-0.1, -0.05) is 59.8 Å². The molecule has 0 radical (unpaired) electrons. The van der Waals surface area contributed by atoms with Crippen molar-refractivity contribution in [1.29, 1.82) is 0 Å². The summed E-state index contributed by atoms with van der Waals surface area (Å²) in [7, 11) is -2.47. The SMILES string of the molecule is CC(C)[Si](C)(C)Cl.CCCC[Si](C)(C)Cl. The lowest BCUT2D eigenvalue weighted by atomic mass is 10.4. The van der Waals surface area contributed by atoms with Gasteiger partial charge in [0.25, 0.3) is 0 Å². The second-order valence-electron chi connectivity index (χ2n) is 5.54. The van der Waals surface area contributed by atoms with Gasteiger partial charge in [-0.15, -0.1) is 0 Å². The van der Waals surface area contributed by atoms with Gasteiger partial charge in [0.15, 0.2) is 7.38 Å². The molecular weight excluding hydrogens is 259 g/mol. The van der Waals surface area contributed by atoms with Crippen molar-refractivity contribution in [2.75, 3.05) is 0 Å². The Morgan fingerprint density at radius 3 is 1.40 bits per heavy atom. The van der Waals surface area contributed by atoms with Crippen LogP contribution in [-0.4, -0.2) is 14.8 Å². The van der Waals surface area contributed by atoms with Crippen molar-refractivity contribution in [2.45, 2.75) is 71.4 Å². The average Bonchev–Trinajstić information content (AvgIpc) is 1.98. The largest absolute Gasteiger partial charge is 0.168 e. The van der Waals surface area contributed by atoms with Crippen LogP contribution in [0.5, 0.6) is 0 Å². The molecule has 0 amide bonds. The lowest BCUT2D eigenvalue weighted by molar-refractivity contribution is 0.873. The van der Waals surface area contributed by atoms with Crippen LogP contribution in [0.15, 0.2) is 0 Å². The molecule has 0 spiro atoms. The molecule has 15 heavy (non-hydrogen) atoms. The summed E-state index contributed by atoms with van der Waals surface area (Å²) in [6.07, 6.45) is 2.59. The van der Waals surface area contributed by atoms with Crippen LogP contribution >= 0.6 is 22.2 Å². The Morgan fingerprint density at radius 2 is 1.33 bits per heavy atom. The third kappa shape index (κ3) is 17.6. The highest BCUT2D eigenvalue weighted by molar-refractivity contribution is 7.19. The Morgan fingerprint density at radius 1 is 1.00 bits per heavy atom. The molecule has 0 aromatic heterocycles. The van der Waals surface area contributed by atoms with Gasteiger partial charge in [-0.2, -0.15) is 22.2 Å². The highest BCUT2D eigenvalue weighted by atomic mass is 35.6. The Balaban J connectivity index is 0. The molecule has 0 nitrogen and oxygen atoms in total. The highest BCUT2D eigenvalue weighted by Gasteiger charge is 2.20. The van der Waals surface area contributed by atoms with Crippen molar-refractivity contribution in [1.82, 2.24) is 0 Å². The minimum absolute atomic E-state index is 0.703. The van der Waals surface area contributed by atoms with E-state index in [0.717, 1.165) is 0 Å². The Hall–Kier alpha value is 1.01. The summed E-state index contributed by atoms with van der Waals surface area (Å²) in [6.45, 7) is 15.3. The lowest BCUT2D eigenvalue weighted by Crippen LogP contribution is -2.20. The molecule has 0 heterocycles. The van der Waals surface area contributed by atoms with E-state index in [9.17, 15) is 0 Å². The molecule has 0 aromatic rings. The maximum absolute atomic E-state index is 6.05. The smallest absolute Gasteiger partial charge is 0.152 e. The van der Waals surface area contributed by atoms with Crippen LogP contribution in [-0.2, 0) is 0 Å². The first-order valence-electron chi connectivity index (χ1n) is 5.88. The Labute approximate surface area is 108 Å². The molecule has 0 saturated carbocycles. The van der Waals surface area contributed by atoms with Crippen LogP contribution in [0.4, 0.5) is 0 Å². The summed E-state index contributed by atoms with van der Waals surface area (Å²) in [5.74, 6) is 0. The van der Waals surface area contributed by atoms with Crippen molar-refractivity contribution in [2.24, 2.45) is 0 Å². The van der Waals surface area contributed by atoms with Crippen LogP contribution in [0.1, 0.15) is 33.6 Å². The van der Waals surface area contributed by atoms with Crippen molar-refractivity contribution in [3.05, 3.63) is 0 Å². The molecule has 0 N–H and O–H groups in total. The van der Waals surface area contributed by atoms with Crippen LogP contribution < -0.4 is 0 Å². The molecule has 0 aliphatic carbocycles. The second-order valence-corrected chi connectivity index (χ2v) is 19.8. The van der Waals surface area contributed by atoms with Gasteiger partial charge < -0.3 is 0 Å². The van der Waals surface area contributed by atoms with Crippen molar-refractivity contribution in [3.63, 3.8) is 0 Å². The van der Waals surface area contributed by atoms with Gasteiger partial charge in [0, 0.05) is 0 Å². The van der Waals surface area contributed by atoms with Gasteiger partial charge >= 0.3 is 0 Å². The van der Waals surface area contributed by atoms with E-state index >= 15 is 0 Å². The fourth-order valence-corrected chi connectivity index (χ4v) is 2.19. The lowest BCUT2D eigenvalue weighted by Gasteiger charge is -2.16. The van der Waals surface area contributed by atoms with Gasteiger partial charge in [-0.05, 0) is 11.6 Å². The highest BCUT2D eigenvalue weighted by Crippen LogP contribution is 2.23. The third-order valence-electron chi connectivity index (χ3n) is 2.50. The van der Waals surface area contributed by atoms with Gasteiger partial charge in [0.1, 0.15) is 7.38 Å². The van der Waals surface area contributed by atoms with E-state index in [4.69, 9.17) is 22.2 Å². The molecule has 0 rings (SSSR count). The molecule has 0 atom stereocenters. The van der Waals surface area contributed by atoms with Crippen LogP contribution in [0.3, 0.4) is 0 Å². The monoisotopic (exact) mass is 286 g/mol. The fraction of sp³-hybridized carbons (Fsp3) is 1.00. The third-order valence-corrected chi connectivity index (χ3v) is 8.66. The molecule has 0 aliphatic heterocycles. The van der Waals surface area contributed by atoms with E-state index in [1.54, 1.807) is 0 Å². The van der Waals surface area contributed by atoms with E-state index in [0.29, 0.717) is 5.54 Å². The molecule has 0 aliphatic rings. The van der Waals surface area contributed by atoms with E-state index in [1.165, 1.54) is 18.9 Å². The molecule has 4 heteroatoms. The Kier molecular flexibility index (Phi) is 9.99. The van der Waals surface area contributed by atoms with Crippen LogP contribution in [0.25, 0.3) is 0 Å². The molecule has 0 fully saturated rings. The summed E-state index contributed by atoms with van der Waals surface area (Å²) in [4.78, 5) is 0. The molecule has 0 unspecified atom stereocenters. The zero-order chi connectivity index (χ0) is 12.7. The number of halogens is 2. The van der Waals surface area contributed by atoms with Crippen LogP contribution in [0, 0.1) is 0 Å². The topological polar surface area (TPSA) is 0 Å². The summed E-state index contributed by atoms with van der Waals surface area (Å²) in [5.41, 5.74) is 0.703. The minimum atomic E-state index is -1.26. The van der Waals surface area contributed by atoms with Crippen molar-refractivity contribution < 1.29 is 0 Å². The number of unbranched alkanes of at least 4 members (excludes halogenated alkanes) is 1. The zero-order valence-electron chi connectivity index (χ0n) is 11.5. The molecule has 0 bridgehead atoms. The zero-order valence-corrected chi connectivity index (χ0v) is 15.0. The predicted molar refractivity (Wildman–Crippen MR) is 81.5 cm³/mol. The first kappa shape index (κ1) is 18.4. The predicted octanol–water partition coefficient (Wildman–Crippen LogP) is 6.07. The number of hydrogen-bond acceptors (Lipinski definition) is 0. The van der Waals surface area contributed by atoms with E-state index in [2.05, 4.69) is 47.0 Å². The first-order valence-corrected chi connectivity index (χ1v) is 14.2. The first-order chi connectivity index (χ1) is 6.50. The van der Waals surface area contributed by atoms with Crippen molar-refractivity contribution in [3.8, 4) is 0 Å². The van der Waals surface area contributed by atoms with Gasteiger partial charge in [0.2, 0.25) is 0 Å². The average molecular weight is 287 g/mol. The quantitative estimate of drug-likeness (QED) is 0.435. The molecular formula is C11H28Cl2Si2. The second kappa shape index (κ2) is 8.16. The normalized spacial score (nSPS) is 12.4. The Bertz CT molecular complexity index is 146. The molecule has 0 saturated heterocycles. The van der Waals surface area contributed by atoms with Crippen LogP contribution in [0.2, 0.25) is 37.8 Å². The standard InChI is InChI=1S/C6H15ClSi.C5H13ClSi/c1-4-5-6-8(2,3)7;1-5(2)7(3,4)6/h4-6H2,1-3H3;5H,1-4H3. The maximum Gasteiger partial charge on any atom is 0.152 e. The minimum Gasteiger partial charge on any atom is -0.168 e. The maximum atomic E-state index is 6.05. The summed E-state index contributed by atoms with van der Waals surface area (Å²) in [5, 5.41) is 0. The van der Waals surface area contributed by atoms with E-state index in [-0.39, 0.29) is 0 Å². The van der Waals surface area contributed by atoms with E-state index < -0.39 is 14.8 Å². The molecule has 0 aromatic carbocycles. The number of hydrogen-bond donors (Lipinski definition) is 0. The summed E-state index contributed by atoms with van der Waals surface area (Å²) < 4.78 is 0. The number of rotatable bonds is 4. The molecule has 94 valence electrons. The van der Waals surface area contributed by atoms with Gasteiger partial charge in [-0.25, -0.2) is 0 Å². The van der Waals surface area contributed by atoms with Crippen molar-refractivity contribution >= 4 is 36.9 Å². The van der Waals surface area contributed by atoms with Gasteiger partial charge in [0.05, 0.1) is 0 Å². The van der Waals surface area contributed by atoms with Gasteiger partial charge in [-0.3, -0.25) is 0 Å².